The maximum Gasteiger partial charge on any atom is 0.291 e. The van der Waals surface area contributed by atoms with Crippen molar-refractivity contribution in [2.75, 3.05) is 16.0 Å². The minimum atomic E-state index is -0.309. The van der Waals surface area contributed by atoms with E-state index in [0.717, 1.165) is 29.1 Å². The summed E-state index contributed by atoms with van der Waals surface area (Å²) in [5.41, 5.74) is 4.91. The molecule has 1 aliphatic heterocycles. The fraction of sp³-hybridized carbons (Fsp3) is 0.111. The van der Waals surface area contributed by atoms with Crippen LogP contribution in [0.15, 0.2) is 101 Å². The van der Waals surface area contributed by atoms with Gasteiger partial charge in [-0.15, -0.1) is 11.8 Å². The van der Waals surface area contributed by atoms with Gasteiger partial charge in [-0.2, -0.15) is 0 Å². The number of thioether (sulfide) groups is 1. The quantitative estimate of drug-likeness (QED) is 0.371. The second-order valence-corrected chi connectivity index (χ2v) is 8.78. The first-order valence-electron chi connectivity index (χ1n) is 10.8. The van der Waals surface area contributed by atoms with Gasteiger partial charge < -0.3 is 9.73 Å². The summed E-state index contributed by atoms with van der Waals surface area (Å²) in [5, 5.41) is 2.83. The lowest BCUT2D eigenvalue weighted by Gasteiger charge is -2.25. The van der Waals surface area contributed by atoms with E-state index in [-0.39, 0.29) is 23.3 Å². The Balaban J connectivity index is 1.34. The molecule has 1 N–H and O–H groups in total. The standard InChI is InChI=1S/C27H22N2O3S/c30-26(18-33-22-10-5-9-21(17-22)28-27(31)25-13-6-16-32-25)29-23-11-3-1-7-19(23)14-15-20-8-2-4-12-24(20)29/h1-13,16-17H,14-15,18H2,(H,28,31). The van der Waals surface area contributed by atoms with Gasteiger partial charge in [-0.3, -0.25) is 14.5 Å². The predicted molar refractivity (Wildman–Crippen MR) is 131 cm³/mol. The Morgan fingerprint density at radius 3 is 2.21 bits per heavy atom. The lowest BCUT2D eigenvalue weighted by atomic mass is 10.0. The fourth-order valence-corrected chi connectivity index (χ4v) is 4.83. The lowest BCUT2D eigenvalue weighted by Crippen LogP contribution is -2.28. The SMILES string of the molecule is O=C(Nc1cccc(SCC(=O)N2c3ccccc3CCc3ccccc32)c1)c1ccco1. The van der Waals surface area contributed by atoms with Crippen molar-refractivity contribution in [3.05, 3.63) is 108 Å². The minimum Gasteiger partial charge on any atom is -0.459 e. The van der Waals surface area contributed by atoms with E-state index in [4.69, 9.17) is 4.42 Å². The number of amides is 2. The molecule has 164 valence electrons. The monoisotopic (exact) mass is 454 g/mol. The van der Waals surface area contributed by atoms with Crippen molar-refractivity contribution in [2.45, 2.75) is 17.7 Å². The van der Waals surface area contributed by atoms with E-state index in [0.29, 0.717) is 5.69 Å². The molecule has 3 aromatic carbocycles. The van der Waals surface area contributed by atoms with Crippen molar-refractivity contribution in [3.63, 3.8) is 0 Å². The molecular formula is C27H22N2O3S. The molecule has 0 aliphatic carbocycles. The van der Waals surface area contributed by atoms with E-state index >= 15 is 0 Å². The summed E-state index contributed by atoms with van der Waals surface area (Å²) in [6, 6.07) is 27.0. The Morgan fingerprint density at radius 2 is 1.55 bits per heavy atom. The van der Waals surface area contributed by atoms with Crippen LogP contribution in [0.3, 0.4) is 0 Å². The lowest BCUT2D eigenvalue weighted by molar-refractivity contribution is -0.115. The van der Waals surface area contributed by atoms with Crippen molar-refractivity contribution in [3.8, 4) is 0 Å². The van der Waals surface area contributed by atoms with Crippen LogP contribution in [0.2, 0.25) is 0 Å². The number of anilines is 3. The predicted octanol–water partition coefficient (Wildman–Crippen LogP) is 6.09. The highest BCUT2D eigenvalue weighted by atomic mass is 32.2. The zero-order chi connectivity index (χ0) is 22.6. The normalized spacial score (nSPS) is 12.4. The molecule has 2 heterocycles. The number of nitrogens with zero attached hydrogens (tertiary/aromatic N) is 1. The highest BCUT2D eigenvalue weighted by molar-refractivity contribution is 8.00. The molecule has 0 spiro atoms. The molecule has 0 atom stereocenters. The summed E-state index contributed by atoms with van der Waals surface area (Å²) in [7, 11) is 0. The van der Waals surface area contributed by atoms with Gasteiger partial charge in [0.05, 0.1) is 23.4 Å². The first-order chi connectivity index (χ1) is 16.2. The molecule has 1 aliphatic rings. The Kier molecular flexibility index (Phi) is 6.00. The fourth-order valence-electron chi connectivity index (χ4n) is 4.02. The molecule has 0 unspecified atom stereocenters. The number of nitrogens with one attached hydrogen (secondary N) is 1. The smallest absolute Gasteiger partial charge is 0.291 e. The summed E-state index contributed by atoms with van der Waals surface area (Å²) in [6.45, 7) is 0. The third-order valence-corrected chi connectivity index (χ3v) is 6.56. The van der Waals surface area contributed by atoms with Crippen LogP contribution in [0, 0.1) is 0 Å². The molecule has 0 saturated heterocycles. The van der Waals surface area contributed by atoms with Crippen molar-refractivity contribution in [1.82, 2.24) is 0 Å². The minimum absolute atomic E-state index is 0.0202. The first kappa shape index (κ1) is 21.1. The van der Waals surface area contributed by atoms with Crippen LogP contribution in [0.1, 0.15) is 21.7 Å². The molecule has 0 fully saturated rings. The van der Waals surface area contributed by atoms with Crippen LogP contribution >= 0.6 is 11.8 Å². The summed E-state index contributed by atoms with van der Waals surface area (Å²) in [6.07, 6.45) is 3.27. The van der Waals surface area contributed by atoms with Crippen molar-refractivity contribution in [2.24, 2.45) is 0 Å². The Morgan fingerprint density at radius 1 is 0.848 bits per heavy atom. The number of hydrogen-bond donors (Lipinski definition) is 1. The van der Waals surface area contributed by atoms with Gasteiger partial charge in [-0.25, -0.2) is 0 Å². The Hall–Kier alpha value is -3.77. The van der Waals surface area contributed by atoms with Gasteiger partial charge in [0, 0.05) is 10.6 Å². The zero-order valence-corrected chi connectivity index (χ0v) is 18.7. The number of rotatable bonds is 5. The van der Waals surface area contributed by atoms with Crippen molar-refractivity contribution >= 4 is 40.6 Å². The molecule has 0 bridgehead atoms. The van der Waals surface area contributed by atoms with E-state index in [1.54, 1.807) is 12.1 Å². The molecule has 0 saturated carbocycles. The van der Waals surface area contributed by atoms with Gasteiger partial charge in [0.2, 0.25) is 5.91 Å². The molecule has 4 aromatic rings. The van der Waals surface area contributed by atoms with Crippen LogP contribution in [-0.4, -0.2) is 17.6 Å². The number of para-hydroxylation sites is 2. The van der Waals surface area contributed by atoms with E-state index in [1.165, 1.54) is 29.2 Å². The van der Waals surface area contributed by atoms with Crippen LogP contribution in [0.25, 0.3) is 0 Å². The van der Waals surface area contributed by atoms with Gasteiger partial charge in [-0.1, -0.05) is 42.5 Å². The highest BCUT2D eigenvalue weighted by Crippen LogP contribution is 2.36. The number of aryl methyl sites for hydroxylation is 2. The number of fused-ring (bicyclic) bond motifs is 2. The first-order valence-corrected chi connectivity index (χ1v) is 11.7. The van der Waals surface area contributed by atoms with Crippen LogP contribution in [0.4, 0.5) is 17.1 Å². The molecule has 0 radical (unpaired) electrons. The molecule has 6 heteroatoms. The summed E-state index contributed by atoms with van der Waals surface area (Å²) in [5.74, 6) is 0.239. The number of hydrogen-bond acceptors (Lipinski definition) is 4. The maximum absolute atomic E-state index is 13.5. The molecular weight excluding hydrogens is 432 g/mol. The average molecular weight is 455 g/mol. The number of carbonyl (C=O) groups is 2. The van der Waals surface area contributed by atoms with Crippen molar-refractivity contribution in [1.29, 1.82) is 0 Å². The summed E-state index contributed by atoms with van der Waals surface area (Å²) >= 11 is 1.45. The third kappa shape index (κ3) is 4.56. The van der Waals surface area contributed by atoms with Crippen LogP contribution in [-0.2, 0) is 17.6 Å². The molecule has 1 aromatic heterocycles. The van der Waals surface area contributed by atoms with Gasteiger partial charge >= 0.3 is 0 Å². The van der Waals surface area contributed by atoms with Gasteiger partial charge in [0.15, 0.2) is 5.76 Å². The number of carbonyl (C=O) groups excluding carboxylic acids is 2. The number of furan rings is 1. The summed E-state index contributed by atoms with van der Waals surface area (Å²) < 4.78 is 5.14. The van der Waals surface area contributed by atoms with Crippen LogP contribution in [0.5, 0.6) is 0 Å². The zero-order valence-electron chi connectivity index (χ0n) is 17.9. The molecule has 2 amide bonds. The average Bonchev–Trinajstić information content (AvgIpc) is 3.33. The second kappa shape index (κ2) is 9.38. The Labute approximate surface area is 196 Å². The van der Waals surface area contributed by atoms with E-state index in [2.05, 4.69) is 17.4 Å². The molecule has 33 heavy (non-hydrogen) atoms. The maximum atomic E-state index is 13.5. The third-order valence-electron chi connectivity index (χ3n) is 5.58. The molecule has 5 rings (SSSR count). The van der Waals surface area contributed by atoms with E-state index < -0.39 is 0 Å². The van der Waals surface area contributed by atoms with Crippen molar-refractivity contribution < 1.29 is 14.0 Å². The van der Waals surface area contributed by atoms with E-state index in [9.17, 15) is 9.59 Å². The topological polar surface area (TPSA) is 62.6 Å². The second-order valence-electron chi connectivity index (χ2n) is 7.73. The highest BCUT2D eigenvalue weighted by Gasteiger charge is 2.25. The van der Waals surface area contributed by atoms with E-state index in [1.807, 2.05) is 65.6 Å². The van der Waals surface area contributed by atoms with Crippen LogP contribution < -0.4 is 10.2 Å². The van der Waals surface area contributed by atoms with Gasteiger partial charge in [0.1, 0.15) is 0 Å². The largest absolute Gasteiger partial charge is 0.459 e. The molecule has 5 nitrogen and oxygen atoms in total. The Bertz CT molecular complexity index is 1250. The summed E-state index contributed by atoms with van der Waals surface area (Å²) in [4.78, 5) is 28.5. The van der Waals surface area contributed by atoms with Gasteiger partial charge in [0.25, 0.3) is 5.91 Å². The number of benzene rings is 3. The van der Waals surface area contributed by atoms with Gasteiger partial charge in [-0.05, 0) is 66.4 Å².